The quantitative estimate of drug-likeness (QED) is 0.325. The number of rotatable bonds is 5. The van der Waals surface area contributed by atoms with Crippen molar-refractivity contribution < 1.29 is 28.3 Å². The van der Waals surface area contributed by atoms with Crippen LogP contribution in [0.2, 0.25) is 0 Å². The molecule has 0 saturated carbocycles. The van der Waals surface area contributed by atoms with Gasteiger partial charge >= 0.3 is 0 Å². The second kappa shape index (κ2) is 7.88. The minimum absolute atomic E-state index is 0.0424. The van der Waals surface area contributed by atoms with Gasteiger partial charge in [-0.25, -0.2) is 4.98 Å². The zero-order chi connectivity index (χ0) is 25.1. The summed E-state index contributed by atoms with van der Waals surface area (Å²) >= 11 is 0. The van der Waals surface area contributed by atoms with Crippen LogP contribution in [-0.4, -0.2) is 33.9 Å². The SMILES string of the molecule is COc1cccc2cc(C(=O)C3=C(O)C(=O)N(c4nc5ccc(C)cc5[nH]4)C3c3ccc(C)o3)oc12. The molecule has 6 rings (SSSR count). The number of aliphatic hydroxyl groups is 1. The van der Waals surface area contributed by atoms with Gasteiger partial charge in [0.15, 0.2) is 22.9 Å². The van der Waals surface area contributed by atoms with Gasteiger partial charge in [-0.3, -0.25) is 14.5 Å². The van der Waals surface area contributed by atoms with Gasteiger partial charge in [0.1, 0.15) is 17.6 Å². The smallest absolute Gasteiger partial charge is 0.296 e. The van der Waals surface area contributed by atoms with Crippen molar-refractivity contribution >= 4 is 39.6 Å². The number of aromatic amines is 1. The van der Waals surface area contributed by atoms with E-state index in [1.807, 2.05) is 25.1 Å². The molecule has 1 amide bonds. The van der Waals surface area contributed by atoms with Gasteiger partial charge in [0.05, 0.1) is 23.7 Å². The number of Topliss-reactive ketones (excluding diaryl/α,β-unsaturated/α-hetero) is 1. The molecule has 9 nitrogen and oxygen atoms in total. The standard InChI is InChI=1S/C27H21N3O6/c1-13-7-9-16-17(11-13)29-27(28-16)30-22(18-10-8-14(2)35-18)21(24(32)26(30)33)23(31)20-12-15-5-4-6-19(34-3)25(15)36-20/h4-12,22,32H,1-3H3,(H,28,29). The van der Waals surface area contributed by atoms with Crippen molar-refractivity contribution in [2.45, 2.75) is 19.9 Å². The Morgan fingerprint density at radius 1 is 1.11 bits per heavy atom. The molecule has 1 atom stereocenters. The second-order valence-electron chi connectivity index (χ2n) is 8.69. The average Bonchev–Trinajstić information content (AvgIpc) is 3.63. The Hall–Kier alpha value is -4.79. The number of hydrogen-bond donors (Lipinski definition) is 2. The van der Waals surface area contributed by atoms with Crippen LogP contribution >= 0.6 is 0 Å². The Bertz CT molecular complexity index is 1720. The first kappa shape index (κ1) is 21.7. The van der Waals surface area contributed by atoms with Gasteiger partial charge in [-0.05, 0) is 55.8 Å². The normalized spacial score (nSPS) is 16.0. The fourth-order valence-corrected chi connectivity index (χ4v) is 4.59. The molecule has 0 bridgehead atoms. The largest absolute Gasteiger partial charge is 0.503 e. The molecule has 2 N–H and O–H groups in total. The lowest BCUT2D eigenvalue weighted by Crippen LogP contribution is -2.31. The van der Waals surface area contributed by atoms with Crippen molar-refractivity contribution in [2.24, 2.45) is 0 Å². The van der Waals surface area contributed by atoms with Crippen LogP contribution in [0.4, 0.5) is 5.95 Å². The molecular weight excluding hydrogens is 462 g/mol. The Labute approximate surface area is 204 Å². The number of nitrogens with zero attached hydrogens (tertiary/aromatic N) is 2. The van der Waals surface area contributed by atoms with E-state index in [1.54, 1.807) is 43.3 Å². The Morgan fingerprint density at radius 3 is 2.69 bits per heavy atom. The number of amides is 1. The summed E-state index contributed by atoms with van der Waals surface area (Å²) in [6.45, 7) is 3.70. The fraction of sp³-hybridized carbons (Fsp3) is 0.148. The van der Waals surface area contributed by atoms with E-state index in [9.17, 15) is 14.7 Å². The molecule has 0 fully saturated rings. The number of hydrogen-bond acceptors (Lipinski definition) is 7. The lowest BCUT2D eigenvalue weighted by molar-refractivity contribution is -0.117. The maximum Gasteiger partial charge on any atom is 0.296 e. The van der Waals surface area contributed by atoms with Gasteiger partial charge in [0.25, 0.3) is 5.91 Å². The van der Waals surface area contributed by atoms with E-state index in [1.165, 1.54) is 12.0 Å². The lowest BCUT2D eigenvalue weighted by Gasteiger charge is -2.22. The van der Waals surface area contributed by atoms with Crippen molar-refractivity contribution in [3.8, 4) is 5.75 Å². The average molecular weight is 483 g/mol. The minimum atomic E-state index is -1.06. The number of imidazole rings is 1. The van der Waals surface area contributed by atoms with Gasteiger partial charge in [-0.15, -0.1) is 0 Å². The Kier molecular flexibility index (Phi) is 4.75. The third-order valence-corrected chi connectivity index (χ3v) is 6.29. The number of nitrogens with one attached hydrogen (secondary N) is 1. The zero-order valence-electron chi connectivity index (χ0n) is 19.7. The highest BCUT2D eigenvalue weighted by atomic mass is 16.5. The summed E-state index contributed by atoms with van der Waals surface area (Å²) in [5.41, 5.74) is 2.60. The van der Waals surface area contributed by atoms with Gasteiger partial charge in [-0.2, -0.15) is 0 Å². The number of para-hydroxylation sites is 1. The Balaban J connectivity index is 1.50. The minimum Gasteiger partial charge on any atom is -0.503 e. The molecule has 0 saturated heterocycles. The van der Waals surface area contributed by atoms with Crippen LogP contribution in [-0.2, 0) is 4.79 Å². The molecule has 9 heteroatoms. The first-order valence-electron chi connectivity index (χ1n) is 11.3. The van der Waals surface area contributed by atoms with Gasteiger partial charge < -0.3 is 23.7 Å². The molecule has 0 aliphatic carbocycles. The molecule has 5 aromatic rings. The van der Waals surface area contributed by atoms with Crippen LogP contribution in [0.15, 0.2) is 74.8 Å². The predicted octanol–water partition coefficient (Wildman–Crippen LogP) is 5.31. The number of fused-ring (bicyclic) bond motifs is 2. The Morgan fingerprint density at radius 2 is 1.94 bits per heavy atom. The number of ether oxygens (including phenoxy) is 1. The summed E-state index contributed by atoms with van der Waals surface area (Å²) in [5.74, 6) is -0.621. The van der Waals surface area contributed by atoms with E-state index >= 15 is 0 Å². The fourth-order valence-electron chi connectivity index (χ4n) is 4.59. The third kappa shape index (κ3) is 3.20. The van der Waals surface area contributed by atoms with E-state index in [0.29, 0.717) is 33.8 Å². The zero-order valence-corrected chi connectivity index (χ0v) is 19.7. The van der Waals surface area contributed by atoms with Crippen LogP contribution in [0.25, 0.3) is 22.0 Å². The van der Waals surface area contributed by atoms with E-state index in [2.05, 4.69) is 9.97 Å². The van der Waals surface area contributed by atoms with Crippen LogP contribution in [0.3, 0.4) is 0 Å². The van der Waals surface area contributed by atoms with Crippen molar-refractivity contribution in [2.75, 3.05) is 12.0 Å². The number of furan rings is 2. The van der Waals surface area contributed by atoms with Crippen molar-refractivity contribution in [1.82, 2.24) is 9.97 Å². The number of benzene rings is 2. The number of anilines is 1. The predicted molar refractivity (Wildman–Crippen MR) is 131 cm³/mol. The van der Waals surface area contributed by atoms with Crippen molar-refractivity contribution in [3.05, 3.63) is 88.8 Å². The summed E-state index contributed by atoms with van der Waals surface area (Å²) < 4.78 is 17.0. The number of aliphatic hydroxyl groups excluding tert-OH is 1. The molecule has 0 spiro atoms. The maximum absolute atomic E-state index is 13.8. The molecular formula is C27H21N3O6. The van der Waals surface area contributed by atoms with Crippen LogP contribution in [0.1, 0.15) is 33.7 Å². The molecule has 4 heterocycles. The molecule has 3 aromatic heterocycles. The number of methoxy groups -OCH3 is 1. The van der Waals surface area contributed by atoms with E-state index in [4.69, 9.17) is 13.6 Å². The van der Waals surface area contributed by atoms with Crippen LogP contribution in [0.5, 0.6) is 5.75 Å². The van der Waals surface area contributed by atoms with Crippen molar-refractivity contribution in [3.63, 3.8) is 0 Å². The number of carbonyl (C=O) groups excluding carboxylic acids is 2. The highest BCUT2D eigenvalue weighted by Crippen LogP contribution is 2.42. The molecule has 1 unspecified atom stereocenters. The number of carbonyl (C=O) groups is 2. The van der Waals surface area contributed by atoms with E-state index < -0.39 is 23.5 Å². The summed E-state index contributed by atoms with van der Waals surface area (Å²) in [5, 5.41) is 11.6. The number of aromatic nitrogens is 2. The second-order valence-corrected chi connectivity index (χ2v) is 8.69. The first-order chi connectivity index (χ1) is 17.4. The first-order valence-corrected chi connectivity index (χ1v) is 11.3. The van der Waals surface area contributed by atoms with Crippen molar-refractivity contribution in [1.29, 1.82) is 0 Å². The molecule has 36 heavy (non-hydrogen) atoms. The number of aryl methyl sites for hydroxylation is 2. The molecule has 180 valence electrons. The van der Waals surface area contributed by atoms with Gasteiger partial charge in [-0.1, -0.05) is 18.2 Å². The van der Waals surface area contributed by atoms with Gasteiger partial charge in [0, 0.05) is 5.39 Å². The summed E-state index contributed by atoms with van der Waals surface area (Å²) in [4.78, 5) is 36.0. The summed E-state index contributed by atoms with van der Waals surface area (Å²) in [6, 6.07) is 14.8. The molecule has 0 radical (unpaired) electrons. The number of H-pyrrole nitrogens is 1. The van der Waals surface area contributed by atoms with E-state index in [0.717, 1.165) is 11.1 Å². The maximum atomic E-state index is 13.8. The third-order valence-electron chi connectivity index (χ3n) is 6.29. The molecule has 1 aliphatic rings. The molecule has 2 aromatic carbocycles. The topological polar surface area (TPSA) is 122 Å². The van der Waals surface area contributed by atoms with E-state index in [-0.39, 0.29) is 17.3 Å². The molecule has 1 aliphatic heterocycles. The van der Waals surface area contributed by atoms with Gasteiger partial charge in [0.2, 0.25) is 11.7 Å². The van der Waals surface area contributed by atoms with Crippen LogP contribution < -0.4 is 9.64 Å². The highest BCUT2D eigenvalue weighted by molar-refractivity contribution is 6.20. The van der Waals surface area contributed by atoms with Crippen LogP contribution in [0, 0.1) is 13.8 Å². The monoisotopic (exact) mass is 483 g/mol. The summed E-state index contributed by atoms with van der Waals surface area (Å²) in [6.07, 6.45) is 0. The highest BCUT2D eigenvalue weighted by Gasteiger charge is 2.48. The summed E-state index contributed by atoms with van der Waals surface area (Å²) in [7, 11) is 1.50. The lowest BCUT2D eigenvalue weighted by atomic mass is 9.99. The number of ketones is 1.